The lowest BCUT2D eigenvalue weighted by Crippen LogP contribution is -2.47. The molecule has 2 aromatic heterocycles. The van der Waals surface area contributed by atoms with Gasteiger partial charge in [0.1, 0.15) is 66.1 Å². The first-order chi connectivity index (χ1) is 42.0. The van der Waals surface area contributed by atoms with Crippen molar-refractivity contribution in [3.8, 4) is 23.0 Å². The number of rotatable bonds is 27. The van der Waals surface area contributed by atoms with Gasteiger partial charge in [-0.2, -0.15) is 26.3 Å². The van der Waals surface area contributed by atoms with Gasteiger partial charge in [0.25, 0.3) is 20.1 Å². The van der Waals surface area contributed by atoms with Crippen LogP contribution in [0, 0.1) is 6.92 Å². The highest BCUT2D eigenvalue weighted by Gasteiger charge is 2.42. The van der Waals surface area contributed by atoms with Crippen LogP contribution >= 0.6 is 11.3 Å². The van der Waals surface area contributed by atoms with Crippen LogP contribution < -0.4 is 29.0 Å². The van der Waals surface area contributed by atoms with Crippen LogP contribution in [0.4, 0.5) is 13.2 Å². The Labute approximate surface area is 508 Å². The second-order valence-corrected chi connectivity index (χ2v) is 24.5. The van der Waals surface area contributed by atoms with E-state index in [1.54, 1.807) is 97.9 Å². The van der Waals surface area contributed by atoms with E-state index in [4.69, 9.17) is 27.9 Å². The molecule has 7 aromatic carbocycles. The summed E-state index contributed by atoms with van der Waals surface area (Å²) in [5, 5.41) is 21.2. The number of amides is 1. The number of fused-ring (bicyclic) bond motifs is 1. The average molecular weight is 1260 g/mol. The Morgan fingerprint density at radius 2 is 1.25 bits per heavy atom. The maximum absolute atomic E-state index is 14.8. The second kappa shape index (κ2) is 27.2. The van der Waals surface area contributed by atoms with Crippen molar-refractivity contribution in [1.82, 2.24) is 30.0 Å². The van der Waals surface area contributed by atoms with Gasteiger partial charge in [0.2, 0.25) is 10.2 Å². The molecular formula is C62H57F3N6O14S3. The third kappa shape index (κ3) is 15.5. The summed E-state index contributed by atoms with van der Waals surface area (Å²) >= 11 is 0.912. The van der Waals surface area contributed by atoms with Gasteiger partial charge in [-0.15, -0.1) is 16.4 Å². The molecule has 88 heavy (non-hydrogen) atoms. The SMILES string of the molecule is COc1ccc(C(NS(=O)(=O)c2nc3ccc(OCc4cn([C@@H](Cc5ccc(OCC(COS(=O)(=O)c6ccc(C)cc6)OC(C)=O)cc5)C(=O)NC(Cc5ccc(C(F)(F)F)cc5)C(=O)O)nn4)cc3s2)(c2ccccc2)c2ccc(OC)cc2)cc1. The van der Waals surface area contributed by atoms with Crippen molar-refractivity contribution < 1.29 is 77.4 Å². The molecule has 0 aliphatic carbocycles. The maximum atomic E-state index is 14.8. The van der Waals surface area contributed by atoms with E-state index >= 15 is 0 Å². The molecule has 0 aliphatic heterocycles. The van der Waals surface area contributed by atoms with Crippen LogP contribution in [0.2, 0.25) is 0 Å². The number of aryl methyl sites for hydroxylation is 1. The summed E-state index contributed by atoms with van der Waals surface area (Å²) in [4.78, 5) is 43.3. The fourth-order valence-electron chi connectivity index (χ4n) is 9.33. The minimum absolute atomic E-state index is 0.0939. The number of carbonyl (C=O) groups excluding carboxylic acids is 2. The highest BCUT2D eigenvalue weighted by molar-refractivity contribution is 7.91. The molecule has 0 fully saturated rings. The molecule has 458 valence electrons. The number of thiazole rings is 1. The number of hydrogen-bond donors (Lipinski definition) is 3. The number of benzene rings is 7. The molecule has 9 aromatic rings. The van der Waals surface area contributed by atoms with Gasteiger partial charge in [-0.3, -0.25) is 13.8 Å². The number of halogens is 3. The topological polar surface area (TPSA) is 263 Å². The standard InChI is InChI=1S/C62H57F3N6O14S3/c1-39-10-29-53(30-11-39)88(78,79)84-38-52(85-40(2)72)37-83-50-22-14-42(15-23-50)33-56(58(73)66-55(59(74)75)32-41-12-16-46(17-13-41)62(63,64)65)71-35-47(68-70-71)36-82-51-28-31-54-57(34-51)86-60(67-54)87(76,77)69-61(43-8-6-5-7-9-43,44-18-24-48(80-3)25-19-44)45-20-26-49(81-4)27-21-45/h5-31,34-35,52,55-56,69H,32-33,36-38H2,1-4H3,(H,66,73)(H,74,75)/t52?,55?,56-/m0/s1. The van der Waals surface area contributed by atoms with Gasteiger partial charge in [-0.1, -0.05) is 102 Å². The fourth-order valence-corrected chi connectivity index (χ4v) is 12.9. The minimum Gasteiger partial charge on any atom is -0.497 e. The molecule has 3 atom stereocenters. The van der Waals surface area contributed by atoms with Gasteiger partial charge >= 0.3 is 18.1 Å². The summed E-state index contributed by atoms with van der Waals surface area (Å²) in [5.41, 5.74) is 1.47. The van der Waals surface area contributed by atoms with Gasteiger partial charge in [-0.05, 0) is 114 Å². The number of nitrogens with one attached hydrogen (secondary N) is 2. The first kappa shape index (κ1) is 63.3. The Bertz CT molecular complexity index is 4070. The number of esters is 1. The Balaban J connectivity index is 0.931. The summed E-state index contributed by atoms with van der Waals surface area (Å²) < 4.78 is 133. The molecule has 20 nitrogen and oxygen atoms in total. The monoisotopic (exact) mass is 1260 g/mol. The van der Waals surface area contributed by atoms with E-state index in [0.29, 0.717) is 49.7 Å². The summed E-state index contributed by atoms with van der Waals surface area (Å²) in [7, 11) is -5.58. The smallest absolute Gasteiger partial charge is 0.416 e. The van der Waals surface area contributed by atoms with Crippen molar-refractivity contribution >= 4 is 59.5 Å². The predicted molar refractivity (Wildman–Crippen MR) is 316 cm³/mol. The molecule has 0 bridgehead atoms. The van der Waals surface area contributed by atoms with Crippen LogP contribution in [0.1, 0.15) is 57.6 Å². The Kier molecular flexibility index (Phi) is 19.6. The molecule has 0 saturated heterocycles. The van der Waals surface area contributed by atoms with Crippen LogP contribution in [0.3, 0.4) is 0 Å². The molecule has 3 N–H and O–H groups in total. The molecule has 9 rings (SSSR count). The third-order valence-corrected chi connectivity index (χ3v) is 18.0. The van der Waals surface area contributed by atoms with Gasteiger partial charge in [0.05, 0.1) is 41.1 Å². The number of nitrogens with zero attached hydrogens (tertiary/aromatic N) is 4. The molecule has 0 saturated carbocycles. The highest BCUT2D eigenvalue weighted by atomic mass is 32.2. The Hall–Kier alpha value is -9.21. The van der Waals surface area contributed by atoms with Gasteiger partial charge in [0, 0.05) is 19.8 Å². The number of hydrogen-bond acceptors (Lipinski definition) is 17. The molecule has 0 aliphatic rings. The molecule has 0 spiro atoms. The van der Waals surface area contributed by atoms with Gasteiger partial charge < -0.3 is 34.1 Å². The van der Waals surface area contributed by atoms with Crippen LogP contribution in [0.25, 0.3) is 10.2 Å². The van der Waals surface area contributed by atoms with Crippen LogP contribution in [0.15, 0.2) is 185 Å². The van der Waals surface area contributed by atoms with Crippen LogP contribution in [-0.4, -0.2) is 99.3 Å². The van der Waals surface area contributed by atoms with Crippen LogP contribution in [-0.2, 0) is 74.6 Å². The van der Waals surface area contributed by atoms with E-state index in [2.05, 4.69) is 25.3 Å². The largest absolute Gasteiger partial charge is 0.497 e. The summed E-state index contributed by atoms with van der Waals surface area (Å²) in [6, 6.07) is 41.3. The molecular weight excluding hydrogens is 1210 g/mol. The van der Waals surface area contributed by atoms with E-state index in [-0.39, 0.29) is 52.3 Å². The first-order valence-corrected chi connectivity index (χ1v) is 30.6. The quantitative estimate of drug-likeness (QED) is 0.0246. The predicted octanol–water partition coefficient (Wildman–Crippen LogP) is 9.39. The molecule has 0 radical (unpaired) electrons. The zero-order chi connectivity index (χ0) is 62.8. The van der Waals surface area contributed by atoms with E-state index in [0.717, 1.165) is 48.1 Å². The van der Waals surface area contributed by atoms with E-state index in [9.17, 15) is 49.5 Å². The summed E-state index contributed by atoms with van der Waals surface area (Å²) in [6.07, 6.45) is -4.87. The second-order valence-electron chi connectivity index (χ2n) is 20.0. The van der Waals surface area contributed by atoms with Crippen molar-refractivity contribution in [3.63, 3.8) is 0 Å². The number of carbonyl (C=O) groups is 3. The average Bonchev–Trinajstić information content (AvgIpc) is 1.07. The lowest BCUT2D eigenvalue weighted by Gasteiger charge is -2.36. The summed E-state index contributed by atoms with van der Waals surface area (Å²) in [6.45, 7) is 1.84. The summed E-state index contributed by atoms with van der Waals surface area (Å²) in [5.74, 6) is -1.35. The molecule has 1 amide bonds. The third-order valence-electron chi connectivity index (χ3n) is 13.9. The zero-order valence-electron chi connectivity index (χ0n) is 47.4. The normalized spacial score (nSPS) is 13.0. The van der Waals surface area contributed by atoms with E-state index in [1.807, 2.05) is 30.3 Å². The lowest BCUT2D eigenvalue weighted by atomic mass is 9.78. The van der Waals surface area contributed by atoms with Crippen molar-refractivity contribution in [2.45, 2.75) is 72.4 Å². The number of aliphatic carboxylic acids is 1. The molecule has 2 unspecified atom stereocenters. The highest BCUT2D eigenvalue weighted by Crippen LogP contribution is 2.41. The fraction of sp³-hybridized carbons (Fsp3) is 0.226. The van der Waals surface area contributed by atoms with Crippen molar-refractivity contribution in [2.75, 3.05) is 27.4 Å². The number of carboxylic acid groups (broad SMARTS) is 1. The maximum Gasteiger partial charge on any atom is 0.416 e. The van der Waals surface area contributed by atoms with Crippen molar-refractivity contribution in [1.29, 1.82) is 0 Å². The van der Waals surface area contributed by atoms with Crippen molar-refractivity contribution in [2.24, 2.45) is 0 Å². The Morgan fingerprint density at radius 3 is 1.84 bits per heavy atom. The number of sulfonamides is 1. The minimum atomic E-state index is -4.63. The zero-order valence-corrected chi connectivity index (χ0v) is 49.9. The number of methoxy groups -OCH3 is 2. The molecule has 26 heteroatoms. The Morgan fingerprint density at radius 1 is 0.682 bits per heavy atom. The number of carboxylic acids is 1. The number of alkyl halides is 3. The van der Waals surface area contributed by atoms with Crippen molar-refractivity contribution in [3.05, 3.63) is 221 Å². The first-order valence-electron chi connectivity index (χ1n) is 26.9. The van der Waals surface area contributed by atoms with Gasteiger partial charge in [-0.25, -0.2) is 22.9 Å². The number of aromatic nitrogens is 4. The molecule has 2 heterocycles. The van der Waals surface area contributed by atoms with Crippen LogP contribution in [0.5, 0.6) is 23.0 Å². The number of ether oxygens (including phenoxy) is 5. The lowest BCUT2D eigenvalue weighted by molar-refractivity contribution is -0.149. The van der Waals surface area contributed by atoms with E-state index in [1.165, 1.54) is 49.4 Å². The van der Waals surface area contributed by atoms with E-state index < -0.39 is 80.1 Å². The van der Waals surface area contributed by atoms with Gasteiger partial charge in [0.15, 0.2) is 6.10 Å².